The quantitative estimate of drug-likeness (QED) is 0.664. The second-order valence-corrected chi connectivity index (χ2v) is 7.91. The molecule has 29 heavy (non-hydrogen) atoms. The zero-order valence-electron chi connectivity index (χ0n) is 17.9. The van der Waals surface area contributed by atoms with Crippen molar-refractivity contribution in [2.45, 2.75) is 39.5 Å². The number of piperidine rings is 1. The van der Waals surface area contributed by atoms with Crippen LogP contribution >= 0.6 is 0 Å². The minimum atomic E-state index is 0.274. The molecule has 1 fully saturated rings. The lowest BCUT2D eigenvalue weighted by atomic mass is 9.90. The minimum Gasteiger partial charge on any atom is -0.385 e. The van der Waals surface area contributed by atoms with Crippen LogP contribution in [0.3, 0.4) is 0 Å². The summed E-state index contributed by atoms with van der Waals surface area (Å²) in [6, 6.07) is 19.2. The number of nitrogens with one attached hydrogen (secondary N) is 1. The van der Waals surface area contributed by atoms with Crippen molar-refractivity contribution >= 4 is 17.3 Å². The number of hydrogen-bond donors (Lipinski definition) is 1. The largest absolute Gasteiger partial charge is 0.385 e. The van der Waals surface area contributed by atoms with Crippen molar-refractivity contribution in [3.05, 3.63) is 60.2 Å². The number of amides is 1. The number of rotatable bonds is 9. The van der Waals surface area contributed by atoms with Gasteiger partial charge in [0.15, 0.2) is 0 Å². The Morgan fingerprint density at radius 1 is 1.00 bits per heavy atom. The number of hydrogen-bond acceptors (Lipinski definition) is 3. The first-order chi connectivity index (χ1) is 14.2. The van der Waals surface area contributed by atoms with Crippen molar-refractivity contribution in [1.29, 1.82) is 0 Å². The maximum Gasteiger partial charge on any atom is 0.224 e. The van der Waals surface area contributed by atoms with Gasteiger partial charge in [0.2, 0.25) is 5.91 Å². The summed E-state index contributed by atoms with van der Waals surface area (Å²) in [5.41, 5.74) is 3.73. The van der Waals surface area contributed by atoms with E-state index in [2.05, 4.69) is 78.7 Å². The Morgan fingerprint density at radius 2 is 1.66 bits per heavy atom. The maximum atomic E-state index is 12.6. The molecule has 1 amide bonds. The van der Waals surface area contributed by atoms with E-state index in [0.717, 1.165) is 51.1 Å². The van der Waals surface area contributed by atoms with Crippen LogP contribution in [0.5, 0.6) is 0 Å². The summed E-state index contributed by atoms with van der Waals surface area (Å²) in [6.07, 6.45) is 3.91. The Morgan fingerprint density at radius 3 is 2.28 bits per heavy atom. The molecule has 0 saturated carbocycles. The fourth-order valence-electron chi connectivity index (χ4n) is 4.18. The van der Waals surface area contributed by atoms with E-state index in [9.17, 15) is 4.79 Å². The topological polar surface area (TPSA) is 35.6 Å². The molecule has 0 bridgehead atoms. The summed E-state index contributed by atoms with van der Waals surface area (Å²) in [5.74, 6) is 0.972. The van der Waals surface area contributed by atoms with Gasteiger partial charge >= 0.3 is 0 Å². The molecule has 4 heteroatoms. The molecule has 4 nitrogen and oxygen atoms in total. The van der Waals surface area contributed by atoms with Gasteiger partial charge in [0.1, 0.15) is 0 Å². The second-order valence-electron chi connectivity index (χ2n) is 7.91. The van der Waals surface area contributed by atoms with Crippen molar-refractivity contribution < 1.29 is 4.79 Å². The molecule has 1 aliphatic heterocycles. The number of carbonyl (C=O) groups excluding carboxylic acids is 1. The Bertz CT molecular complexity index is 732. The molecule has 3 rings (SSSR count). The number of anilines is 2. The first-order valence-corrected chi connectivity index (χ1v) is 11.1. The summed E-state index contributed by atoms with van der Waals surface area (Å²) in [4.78, 5) is 16.9. The van der Waals surface area contributed by atoms with E-state index in [4.69, 9.17) is 0 Å². The molecule has 2 aromatic rings. The highest BCUT2D eigenvalue weighted by atomic mass is 16.2. The van der Waals surface area contributed by atoms with Crippen LogP contribution in [0.2, 0.25) is 0 Å². The zero-order chi connectivity index (χ0) is 20.5. The van der Waals surface area contributed by atoms with Gasteiger partial charge in [-0.2, -0.15) is 0 Å². The van der Waals surface area contributed by atoms with Gasteiger partial charge in [-0.3, -0.25) is 4.79 Å². The van der Waals surface area contributed by atoms with E-state index in [1.165, 1.54) is 11.3 Å². The Kier molecular flexibility index (Phi) is 7.97. The first-order valence-electron chi connectivity index (χ1n) is 11.1. The van der Waals surface area contributed by atoms with Crippen LogP contribution in [-0.2, 0) is 11.2 Å². The van der Waals surface area contributed by atoms with Gasteiger partial charge in [0, 0.05) is 50.5 Å². The molecular formula is C25H35N3O. The number of benzene rings is 2. The summed E-state index contributed by atoms with van der Waals surface area (Å²) in [5, 5.41) is 3.39. The highest BCUT2D eigenvalue weighted by molar-refractivity contribution is 5.76. The van der Waals surface area contributed by atoms with Crippen LogP contribution < -0.4 is 10.2 Å². The SMILES string of the molecule is CCN(CC)c1ccc(NCCC(=O)N2CCC(Cc3ccccc3)CC2)cc1. The third kappa shape index (κ3) is 6.25. The summed E-state index contributed by atoms with van der Waals surface area (Å²) < 4.78 is 0. The molecule has 1 saturated heterocycles. The average molecular weight is 394 g/mol. The lowest BCUT2D eigenvalue weighted by Gasteiger charge is -2.32. The smallest absolute Gasteiger partial charge is 0.224 e. The van der Waals surface area contributed by atoms with Gasteiger partial charge in [-0.1, -0.05) is 30.3 Å². The highest BCUT2D eigenvalue weighted by Crippen LogP contribution is 2.22. The molecule has 1 aliphatic rings. The molecule has 0 aromatic heterocycles. The van der Waals surface area contributed by atoms with Gasteiger partial charge in [-0.05, 0) is 68.9 Å². The van der Waals surface area contributed by atoms with Gasteiger partial charge in [0.05, 0.1) is 0 Å². The molecule has 0 aliphatic carbocycles. The van der Waals surface area contributed by atoms with Gasteiger partial charge in [-0.25, -0.2) is 0 Å². The van der Waals surface area contributed by atoms with E-state index in [-0.39, 0.29) is 5.91 Å². The Hall–Kier alpha value is -2.49. The van der Waals surface area contributed by atoms with Crippen LogP contribution in [0.1, 0.15) is 38.7 Å². The summed E-state index contributed by atoms with van der Waals surface area (Å²) >= 11 is 0. The van der Waals surface area contributed by atoms with Crippen molar-refractivity contribution in [3.63, 3.8) is 0 Å². The zero-order valence-corrected chi connectivity index (χ0v) is 17.9. The number of likely N-dealkylation sites (tertiary alicyclic amines) is 1. The third-order valence-electron chi connectivity index (χ3n) is 6.00. The maximum absolute atomic E-state index is 12.6. The number of carbonyl (C=O) groups is 1. The van der Waals surface area contributed by atoms with Crippen LogP contribution in [0.15, 0.2) is 54.6 Å². The van der Waals surface area contributed by atoms with Crippen molar-refractivity contribution in [1.82, 2.24) is 4.90 Å². The van der Waals surface area contributed by atoms with E-state index >= 15 is 0 Å². The van der Waals surface area contributed by atoms with E-state index in [1.54, 1.807) is 0 Å². The first kappa shape index (κ1) is 21.2. The fourth-order valence-corrected chi connectivity index (χ4v) is 4.18. The van der Waals surface area contributed by atoms with Crippen molar-refractivity contribution in [2.24, 2.45) is 5.92 Å². The molecule has 156 valence electrons. The standard InChI is InChI=1S/C25H35N3O/c1-3-27(4-2)24-12-10-23(11-13-24)26-17-14-25(29)28-18-15-22(16-19-28)20-21-8-6-5-7-9-21/h5-13,22,26H,3-4,14-20H2,1-2H3. The Balaban J connectivity index is 1.37. The van der Waals surface area contributed by atoms with Gasteiger partial charge < -0.3 is 15.1 Å². The minimum absolute atomic E-state index is 0.274. The summed E-state index contributed by atoms with van der Waals surface area (Å²) in [7, 11) is 0. The molecule has 0 spiro atoms. The molecule has 1 heterocycles. The monoisotopic (exact) mass is 393 g/mol. The average Bonchev–Trinajstić information content (AvgIpc) is 2.77. The molecule has 2 aromatic carbocycles. The molecule has 0 atom stereocenters. The molecule has 0 radical (unpaired) electrons. The van der Waals surface area contributed by atoms with Crippen LogP contribution in [0, 0.1) is 5.92 Å². The van der Waals surface area contributed by atoms with E-state index < -0.39 is 0 Å². The van der Waals surface area contributed by atoms with E-state index in [1.807, 2.05) is 4.90 Å². The van der Waals surface area contributed by atoms with Gasteiger partial charge in [-0.15, -0.1) is 0 Å². The molecule has 0 unspecified atom stereocenters. The molecule has 1 N–H and O–H groups in total. The van der Waals surface area contributed by atoms with Crippen LogP contribution in [0.25, 0.3) is 0 Å². The lowest BCUT2D eigenvalue weighted by molar-refractivity contribution is -0.132. The lowest BCUT2D eigenvalue weighted by Crippen LogP contribution is -2.39. The summed E-state index contributed by atoms with van der Waals surface area (Å²) in [6.45, 7) is 8.86. The highest BCUT2D eigenvalue weighted by Gasteiger charge is 2.22. The normalized spacial score (nSPS) is 14.6. The predicted molar refractivity (Wildman–Crippen MR) is 123 cm³/mol. The van der Waals surface area contributed by atoms with E-state index in [0.29, 0.717) is 18.9 Å². The fraction of sp³-hybridized carbons (Fsp3) is 0.480. The van der Waals surface area contributed by atoms with Gasteiger partial charge in [0.25, 0.3) is 0 Å². The Labute approximate surface area is 175 Å². The predicted octanol–water partition coefficient (Wildman–Crippen LogP) is 4.82. The molecular weight excluding hydrogens is 358 g/mol. The van der Waals surface area contributed by atoms with Crippen LogP contribution in [-0.4, -0.2) is 43.5 Å². The van der Waals surface area contributed by atoms with Crippen LogP contribution in [0.4, 0.5) is 11.4 Å². The van der Waals surface area contributed by atoms with Crippen molar-refractivity contribution in [2.75, 3.05) is 42.9 Å². The van der Waals surface area contributed by atoms with Crippen molar-refractivity contribution in [3.8, 4) is 0 Å². The third-order valence-corrected chi connectivity index (χ3v) is 6.00. The number of nitrogens with zero attached hydrogens (tertiary/aromatic N) is 2. The second kappa shape index (κ2) is 10.9.